The molecular weight excluding hydrogens is 344 g/mol. The second-order valence-electron chi connectivity index (χ2n) is 7.37. The minimum Gasteiger partial charge on any atom is -0.350 e. The summed E-state index contributed by atoms with van der Waals surface area (Å²) >= 11 is 0. The van der Waals surface area contributed by atoms with Gasteiger partial charge in [-0.15, -0.1) is 0 Å². The van der Waals surface area contributed by atoms with Crippen molar-refractivity contribution in [1.82, 2.24) is 9.97 Å². The lowest BCUT2D eigenvalue weighted by Gasteiger charge is -2.30. The molecule has 0 saturated carbocycles. The lowest BCUT2D eigenvalue weighted by Crippen LogP contribution is -2.32. The molecule has 0 aliphatic rings. The zero-order valence-corrected chi connectivity index (χ0v) is 17.3. The van der Waals surface area contributed by atoms with Gasteiger partial charge in [0.05, 0.1) is 0 Å². The van der Waals surface area contributed by atoms with Crippen molar-refractivity contribution in [1.29, 1.82) is 0 Å². The van der Waals surface area contributed by atoms with Crippen LogP contribution in [0.5, 0.6) is 0 Å². The highest BCUT2D eigenvalue weighted by atomic mass is 15.3. The third-order valence-electron chi connectivity index (χ3n) is 4.82. The van der Waals surface area contributed by atoms with Crippen molar-refractivity contribution in [2.75, 3.05) is 16.3 Å². The van der Waals surface area contributed by atoms with Crippen molar-refractivity contribution in [3.63, 3.8) is 0 Å². The zero-order valence-electron chi connectivity index (χ0n) is 17.3. The fraction of sp³-hybridized carbons (Fsp3) is 0.333. The van der Waals surface area contributed by atoms with Crippen LogP contribution in [0.3, 0.4) is 0 Å². The summed E-state index contributed by atoms with van der Waals surface area (Å²) in [5.41, 5.74) is 3.54. The molecule has 28 heavy (non-hydrogen) atoms. The maximum absolute atomic E-state index is 4.96. The van der Waals surface area contributed by atoms with Gasteiger partial charge >= 0.3 is 0 Å². The summed E-state index contributed by atoms with van der Waals surface area (Å²) in [6.45, 7) is 11.1. The molecule has 4 nitrogen and oxygen atoms in total. The first kappa shape index (κ1) is 19.9. The molecule has 0 aliphatic carbocycles. The van der Waals surface area contributed by atoms with E-state index in [9.17, 15) is 0 Å². The predicted octanol–water partition coefficient (Wildman–Crippen LogP) is 5.23. The quantitative estimate of drug-likeness (QED) is 0.541. The Hall–Kier alpha value is -2.88. The lowest BCUT2D eigenvalue weighted by atomic mass is 10.2. The van der Waals surface area contributed by atoms with Crippen LogP contribution in [0.2, 0.25) is 0 Å². The van der Waals surface area contributed by atoms with E-state index in [0.717, 1.165) is 37.1 Å². The van der Waals surface area contributed by atoms with Gasteiger partial charge in [-0.3, -0.25) is 0 Å². The van der Waals surface area contributed by atoms with Gasteiger partial charge in [0.1, 0.15) is 5.82 Å². The summed E-state index contributed by atoms with van der Waals surface area (Å²) < 4.78 is 0. The highest BCUT2D eigenvalue weighted by Crippen LogP contribution is 2.22. The molecule has 2 aromatic carbocycles. The molecule has 0 N–H and O–H groups in total. The Bertz CT molecular complexity index is 862. The van der Waals surface area contributed by atoms with Crippen LogP contribution in [0, 0.1) is 6.92 Å². The number of hydrogen-bond acceptors (Lipinski definition) is 4. The minimum atomic E-state index is 0.339. The summed E-state index contributed by atoms with van der Waals surface area (Å²) in [5, 5.41) is 0. The Labute approximate surface area is 168 Å². The Morgan fingerprint density at radius 2 is 1.39 bits per heavy atom. The number of nitrogens with zero attached hydrogens (tertiary/aromatic N) is 4. The Morgan fingerprint density at radius 3 is 1.93 bits per heavy atom. The fourth-order valence-electron chi connectivity index (χ4n) is 3.26. The van der Waals surface area contributed by atoms with E-state index in [-0.39, 0.29) is 0 Å². The number of hydrogen-bond donors (Lipinski definition) is 0. The SMILES string of the molecule is CCN(Cc1ccccc1)c1nc(C)cc(N(Cc2ccccc2)C(C)C)n1. The van der Waals surface area contributed by atoms with E-state index >= 15 is 0 Å². The molecule has 0 atom stereocenters. The van der Waals surface area contributed by atoms with Crippen LogP contribution in [-0.4, -0.2) is 22.6 Å². The first-order valence-electron chi connectivity index (χ1n) is 10.0. The van der Waals surface area contributed by atoms with Crippen LogP contribution in [0.4, 0.5) is 11.8 Å². The van der Waals surface area contributed by atoms with Crippen molar-refractivity contribution in [2.45, 2.75) is 46.8 Å². The van der Waals surface area contributed by atoms with E-state index in [1.54, 1.807) is 0 Å². The highest BCUT2D eigenvalue weighted by molar-refractivity contribution is 5.47. The molecule has 0 fully saturated rings. The van der Waals surface area contributed by atoms with Crippen LogP contribution in [0.25, 0.3) is 0 Å². The first-order valence-corrected chi connectivity index (χ1v) is 10.0. The molecule has 0 amide bonds. The van der Waals surface area contributed by atoms with Gasteiger partial charge in [-0.05, 0) is 38.8 Å². The molecule has 3 rings (SSSR count). The van der Waals surface area contributed by atoms with Crippen molar-refractivity contribution in [2.24, 2.45) is 0 Å². The monoisotopic (exact) mass is 374 g/mol. The normalized spacial score (nSPS) is 10.9. The average Bonchev–Trinajstić information content (AvgIpc) is 2.71. The summed E-state index contributed by atoms with van der Waals surface area (Å²) in [5.74, 6) is 1.77. The predicted molar refractivity (Wildman–Crippen MR) is 118 cm³/mol. The molecule has 0 unspecified atom stereocenters. The van der Waals surface area contributed by atoms with Gasteiger partial charge in [-0.2, -0.15) is 4.98 Å². The van der Waals surface area contributed by atoms with Gasteiger partial charge < -0.3 is 9.80 Å². The number of aryl methyl sites for hydroxylation is 1. The highest BCUT2D eigenvalue weighted by Gasteiger charge is 2.17. The maximum atomic E-state index is 4.96. The fourth-order valence-corrected chi connectivity index (χ4v) is 3.26. The van der Waals surface area contributed by atoms with Gasteiger partial charge in [0, 0.05) is 37.4 Å². The Balaban J connectivity index is 1.89. The zero-order chi connectivity index (χ0) is 19.9. The van der Waals surface area contributed by atoms with Gasteiger partial charge in [0.2, 0.25) is 5.95 Å². The molecule has 0 spiro atoms. The summed E-state index contributed by atoms with van der Waals surface area (Å²) in [6, 6.07) is 23.5. The average molecular weight is 375 g/mol. The molecule has 0 radical (unpaired) electrons. The molecule has 146 valence electrons. The van der Waals surface area contributed by atoms with E-state index in [2.05, 4.69) is 91.2 Å². The standard InChI is InChI=1S/C24H30N4/c1-5-27(17-21-12-8-6-9-13-21)24-25-20(4)16-23(26-24)28(19(2)3)18-22-14-10-7-11-15-22/h6-16,19H,5,17-18H2,1-4H3. The van der Waals surface area contributed by atoms with Crippen molar-refractivity contribution in [3.05, 3.63) is 83.6 Å². The number of rotatable bonds is 8. The van der Waals surface area contributed by atoms with Gasteiger partial charge in [0.25, 0.3) is 0 Å². The molecule has 0 saturated heterocycles. The van der Waals surface area contributed by atoms with E-state index < -0.39 is 0 Å². The van der Waals surface area contributed by atoms with Crippen molar-refractivity contribution < 1.29 is 0 Å². The van der Waals surface area contributed by atoms with E-state index in [4.69, 9.17) is 9.97 Å². The Kier molecular flexibility index (Phi) is 6.64. The molecule has 0 aliphatic heterocycles. The second kappa shape index (κ2) is 9.36. The molecule has 0 bridgehead atoms. The minimum absolute atomic E-state index is 0.339. The van der Waals surface area contributed by atoms with Crippen LogP contribution in [-0.2, 0) is 13.1 Å². The van der Waals surface area contributed by atoms with E-state index in [1.165, 1.54) is 11.1 Å². The van der Waals surface area contributed by atoms with E-state index in [1.807, 2.05) is 13.0 Å². The van der Waals surface area contributed by atoms with E-state index in [0.29, 0.717) is 6.04 Å². The van der Waals surface area contributed by atoms with Gasteiger partial charge in [0.15, 0.2) is 0 Å². The van der Waals surface area contributed by atoms with Gasteiger partial charge in [-0.1, -0.05) is 60.7 Å². The van der Waals surface area contributed by atoms with Crippen LogP contribution in [0.1, 0.15) is 37.6 Å². The number of anilines is 2. The summed E-state index contributed by atoms with van der Waals surface area (Å²) in [6.07, 6.45) is 0. The van der Waals surface area contributed by atoms with Crippen LogP contribution in [0.15, 0.2) is 66.7 Å². The molecule has 1 aromatic heterocycles. The molecule has 3 aromatic rings. The van der Waals surface area contributed by atoms with Gasteiger partial charge in [-0.25, -0.2) is 4.98 Å². The second-order valence-corrected chi connectivity index (χ2v) is 7.37. The third kappa shape index (κ3) is 5.10. The molecular formula is C24H30N4. The van der Waals surface area contributed by atoms with Crippen LogP contribution >= 0.6 is 0 Å². The Morgan fingerprint density at radius 1 is 0.821 bits per heavy atom. The smallest absolute Gasteiger partial charge is 0.227 e. The lowest BCUT2D eigenvalue weighted by molar-refractivity contribution is 0.667. The first-order chi connectivity index (χ1) is 13.6. The molecule has 4 heteroatoms. The number of aromatic nitrogens is 2. The van der Waals surface area contributed by atoms with Crippen molar-refractivity contribution in [3.8, 4) is 0 Å². The topological polar surface area (TPSA) is 32.3 Å². The maximum Gasteiger partial charge on any atom is 0.227 e. The largest absolute Gasteiger partial charge is 0.350 e. The third-order valence-corrected chi connectivity index (χ3v) is 4.82. The molecule has 1 heterocycles. The van der Waals surface area contributed by atoms with Crippen LogP contribution < -0.4 is 9.80 Å². The van der Waals surface area contributed by atoms with Crippen molar-refractivity contribution >= 4 is 11.8 Å². The number of benzene rings is 2. The summed E-state index contributed by atoms with van der Waals surface area (Å²) in [4.78, 5) is 14.3. The summed E-state index contributed by atoms with van der Waals surface area (Å²) in [7, 11) is 0.